The quantitative estimate of drug-likeness (QED) is 0.445. The molecular formula is C19H23N5O4S. The molecule has 1 unspecified atom stereocenters. The number of amides is 2. The number of ether oxygens (including phenoxy) is 2. The number of nitrogens with one attached hydrogen (secondary N) is 3. The van der Waals surface area contributed by atoms with Crippen LogP contribution in [-0.4, -0.2) is 45.6 Å². The largest absolute Gasteiger partial charge is 0.486 e. The van der Waals surface area contributed by atoms with Crippen LogP contribution in [-0.2, 0) is 16.1 Å². The molecule has 1 aromatic carbocycles. The molecule has 0 saturated carbocycles. The Morgan fingerprint density at radius 3 is 2.76 bits per heavy atom. The minimum Gasteiger partial charge on any atom is -0.486 e. The van der Waals surface area contributed by atoms with Crippen LogP contribution in [0.2, 0.25) is 0 Å². The molecule has 0 fully saturated rings. The number of aryl methyl sites for hydroxylation is 1. The summed E-state index contributed by atoms with van der Waals surface area (Å²) in [5.41, 5.74) is 2.05. The highest BCUT2D eigenvalue weighted by Gasteiger charge is 2.29. The number of carbonyl (C=O) groups is 2. The Morgan fingerprint density at radius 2 is 2.03 bits per heavy atom. The molecule has 0 radical (unpaired) electrons. The van der Waals surface area contributed by atoms with E-state index in [4.69, 9.17) is 9.47 Å². The van der Waals surface area contributed by atoms with Gasteiger partial charge in [0, 0.05) is 11.4 Å². The van der Waals surface area contributed by atoms with Crippen molar-refractivity contribution in [2.24, 2.45) is 0 Å². The summed E-state index contributed by atoms with van der Waals surface area (Å²) < 4.78 is 10.8. The van der Waals surface area contributed by atoms with Crippen LogP contribution in [0.3, 0.4) is 0 Å². The van der Waals surface area contributed by atoms with Gasteiger partial charge in [0.25, 0.3) is 0 Å². The molecule has 29 heavy (non-hydrogen) atoms. The van der Waals surface area contributed by atoms with Gasteiger partial charge < -0.3 is 20.1 Å². The minimum absolute atomic E-state index is 0.255. The van der Waals surface area contributed by atoms with Crippen LogP contribution in [0.5, 0.6) is 5.75 Å². The molecule has 0 bridgehead atoms. The Labute approximate surface area is 172 Å². The Bertz CT molecular complexity index is 910. The maximum Gasteiger partial charge on any atom is 0.337 e. The zero-order valence-corrected chi connectivity index (χ0v) is 17.3. The second-order valence-electron chi connectivity index (χ2n) is 6.39. The van der Waals surface area contributed by atoms with E-state index in [1.54, 1.807) is 13.8 Å². The fraction of sp³-hybridized carbons (Fsp3) is 0.368. The van der Waals surface area contributed by atoms with Gasteiger partial charge in [-0.25, -0.2) is 14.6 Å². The average molecular weight is 417 g/mol. The molecule has 3 N–H and O–H groups in total. The zero-order chi connectivity index (χ0) is 20.8. The van der Waals surface area contributed by atoms with Gasteiger partial charge in [0.2, 0.25) is 5.16 Å². The summed E-state index contributed by atoms with van der Waals surface area (Å²) in [6.07, 6.45) is 0. The summed E-state index contributed by atoms with van der Waals surface area (Å²) in [5.74, 6) is 1.19. The zero-order valence-electron chi connectivity index (χ0n) is 16.4. The molecule has 154 valence electrons. The van der Waals surface area contributed by atoms with Gasteiger partial charge >= 0.3 is 12.0 Å². The van der Waals surface area contributed by atoms with Crippen LogP contribution >= 0.6 is 11.8 Å². The van der Waals surface area contributed by atoms with E-state index >= 15 is 0 Å². The van der Waals surface area contributed by atoms with E-state index in [2.05, 4.69) is 25.8 Å². The first-order valence-corrected chi connectivity index (χ1v) is 10.2. The third kappa shape index (κ3) is 5.50. The molecule has 9 nitrogen and oxygen atoms in total. The lowest BCUT2D eigenvalue weighted by Crippen LogP contribution is -2.49. The van der Waals surface area contributed by atoms with Crippen LogP contribution in [0.4, 0.5) is 4.79 Å². The Morgan fingerprint density at radius 1 is 1.28 bits per heavy atom. The van der Waals surface area contributed by atoms with Crippen molar-refractivity contribution in [1.29, 1.82) is 0 Å². The van der Waals surface area contributed by atoms with Crippen LogP contribution in [0.1, 0.15) is 25.2 Å². The van der Waals surface area contributed by atoms with E-state index in [-0.39, 0.29) is 19.2 Å². The number of rotatable bonds is 8. The van der Waals surface area contributed by atoms with Crippen molar-refractivity contribution < 1.29 is 19.1 Å². The van der Waals surface area contributed by atoms with E-state index < -0.39 is 12.0 Å². The molecule has 10 heteroatoms. The molecule has 3 rings (SSSR count). The van der Waals surface area contributed by atoms with Gasteiger partial charge in [-0.15, -0.1) is 5.10 Å². The minimum atomic E-state index is -0.453. The summed E-state index contributed by atoms with van der Waals surface area (Å²) in [5, 5.41) is 12.8. The number of H-pyrrole nitrogens is 1. The Hall–Kier alpha value is -3.01. The van der Waals surface area contributed by atoms with Gasteiger partial charge in [-0.2, -0.15) is 0 Å². The number of aromatic nitrogens is 3. The van der Waals surface area contributed by atoms with Crippen molar-refractivity contribution in [3.63, 3.8) is 0 Å². The van der Waals surface area contributed by atoms with Gasteiger partial charge in [0.05, 0.1) is 18.2 Å². The highest BCUT2D eigenvalue weighted by Crippen LogP contribution is 2.22. The summed E-state index contributed by atoms with van der Waals surface area (Å²) in [7, 11) is 0. The number of hydrogen-bond acceptors (Lipinski definition) is 7. The summed E-state index contributed by atoms with van der Waals surface area (Å²) >= 11 is 1.30. The molecule has 2 aromatic rings. The van der Waals surface area contributed by atoms with Crippen LogP contribution < -0.4 is 15.4 Å². The monoisotopic (exact) mass is 417 g/mol. The van der Waals surface area contributed by atoms with Crippen molar-refractivity contribution in [1.82, 2.24) is 25.8 Å². The first-order valence-electron chi connectivity index (χ1n) is 9.17. The molecule has 2 heterocycles. The van der Waals surface area contributed by atoms with Gasteiger partial charge in [-0.1, -0.05) is 29.5 Å². The van der Waals surface area contributed by atoms with Crippen LogP contribution in [0.25, 0.3) is 0 Å². The van der Waals surface area contributed by atoms with Gasteiger partial charge in [0.15, 0.2) is 5.82 Å². The molecule has 0 aliphatic carbocycles. The number of aromatic amines is 1. The van der Waals surface area contributed by atoms with Crippen molar-refractivity contribution in [2.75, 3.05) is 12.4 Å². The van der Waals surface area contributed by atoms with Crippen molar-refractivity contribution >= 4 is 23.8 Å². The topological polar surface area (TPSA) is 118 Å². The van der Waals surface area contributed by atoms with Gasteiger partial charge in [-0.05, 0) is 32.9 Å². The van der Waals surface area contributed by atoms with Crippen LogP contribution in [0, 0.1) is 6.92 Å². The second kappa shape index (κ2) is 9.46. The second-order valence-corrected chi connectivity index (χ2v) is 7.33. The first kappa shape index (κ1) is 20.7. The van der Waals surface area contributed by atoms with Gasteiger partial charge in [0.1, 0.15) is 12.4 Å². The average Bonchev–Trinajstić information content (AvgIpc) is 3.13. The van der Waals surface area contributed by atoms with E-state index in [0.29, 0.717) is 28.0 Å². The Balaban J connectivity index is 1.62. The van der Waals surface area contributed by atoms with E-state index in [1.165, 1.54) is 11.8 Å². The number of urea groups is 1. The lowest BCUT2D eigenvalue weighted by molar-refractivity contribution is -0.138. The van der Waals surface area contributed by atoms with E-state index in [9.17, 15) is 9.59 Å². The molecule has 0 saturated heterocycles. The van der Waals surface area contributed by atoms with E-state index in [0.717, 1.165) is 11.3 Å². The number of hydrogen-bond donors (Lipinski definition) is 3. The maximum absolute atomic E-state index is 12.2. The predicted molar refractivity (Wildman–Crippen MR) is 107 cm³/mol. The smallest absolute Gasteiger partial charge is 0.337 e. The predicted octanol–water partition coefficient (Wildman–Crippen LogP) is 2.30. The van der Waals surface area contributed by atoms with E-state index in [1.807, 2.05) is 31.2 Å². The summed E-state index contributed by atoms with van der Waals surface area (Å²) in [6.45, 7) is 6.00. The number of benzene rings is 1. The lowest BCUT2D eigenvalue weighted by Gasteiger charge is -2.26. The fourth-order valence-electron chi connectivity index (χ4n) is 2.72. The third-order valence-corrected chi connectivity index (χ3v) is 4.99. The summed E-state index contributed by atoms with van der Waals surface area (Å²) in [4.78, 5) is 28.4. The first-order chi connectivity index (χ1) is 14.0. The molecule has 1 aliphatic heterocycles. The maximum atomic E-state index is 12.2. The number of nitrogens with zero attached hydrogens (tertiary/aromatic N) is 2. The SMILES string of the molecule is CCOC(=O)C1=C(CSc2n[nH]c(COc3ccc(C)cc3)n2)NC(=O)NC1C. The molecule has 2 amide bonds. The molecule has 0 spiro atoms. The number of carbonyl (C=O) groups excluding carboxylic acids is 2. The van der Waals surface area contributed by atoms with Crippen molar-refractivity contribution in [2.45, 2.75) is 38.6 Å². The normalized spacial score (nSPS) is 16.2. The Kier molecular flexibility index (Phi) is 6.76. The fourth-order valence-corrected chi connectivity index (χ4v) is 3.51. The van der Waals surface area contributed by atoms with Gasteiger partial charge in [-0.3, -0.25) is 5.10 Å². The number of esters is 1. The van der Waals surface area contributed by atoms with Crippen LogP contribution in [0.15, 0.2) is 40.7 Å². The molecule has 1 aliphatic rings. The standard InChI is InChI=1S/C19H23N5O4S/c1-4-27-17(25)16-12(3)20-18(26)21-14(16)10-29-19-22-15(23-24-19)9-28-13-7-5-11(2)6-8-13/h5-8,12H,4,9-10H2,1-3H3,(H2,20,21,26)(H,22,23,24). The summed E-state index contributed by atoms with van der Waals surface area (Å²) in [6, 6.07) is 6.94. The lowest BCUT2D eigenvalue weighted by atomic mass is 10.1. The molecule has 1 aromatic heterocycles. The highest BCUT2D eigenvalue weighted by molar-refractivity contribution is 7.99. The third-order valence-electron chi connectivity index (χ3n) is 4.12. The molecular weight excluding hydrogens is 394 g/mol. The van der Waals surface area contributed by atoms with Crippen molar-refractivity contribution in [3.8, 4) is 5.75 Å². The highest BCUT2D eigenvalue weighted by atomic mass is 32.2. The number of thioether (sulfide) groups is 1. The molecule has 1 atom stereocenters. The van der Waals surface area contributed by atoms with Crippen molar-refractivity contribution in [3.05, 3.63) is 46.9 Å².